The number of fused-ring (bicyclic) bond motifs is 1. The van der Waals surface area contributed by atoms with Crippen molar-refractivity contribution in [1.29, 1.82) is 5.26 Å². The zero-order valence-corrected chi connectivity index (χ0v) is 13.6. The molecule has 2 aromatic rings. The van der Waals surface area contributed by atoms with E-state index in [4.69, 9.17) is 5.73 Å². The lowest BCUT2D eigenvalue weighted by atomic mass is 9.96. The zero-order valence-electron chi connectivity index (χ0n) is 12.0. The number of carbonyl (C=O) groups excluding carboxylic acids is 1. The fourth-order valence-corrected chi connectivity index (χ4v) is 4.41. The van der Waals surface area contributed by atoms with Crippen LogP contribution < -0.4 is 16.6 Å². The van der Waals surface area contributed by atoms with Crippen molar-refractivity contribution in [2.45, 2.75) is 30.8 Å². The average molecular weight is 347 g/mol. The van der Waals surface area contributed by atoms with Crippen LogP contribution in [-0.4, -0.2) is 15.2 Å². The minimum absolute atomic E-state index is 0.0494. The summed E-state index contributed by atoms with van der Waals surface area (Å²) in [6.45, 7) is 0. The van der Waals surface area contributed by atoms with Crippen molar-refractivity contribution in [3.8, 4) is 6.07 Å². The first kappa shape index (κ1) is 15.6. The highest BCUT2D eigenvalue weighted by atomic mass is 32.2. The molecule has 1 amide bonds. The van der Waals surface area contributed by atoms with E-state index in [1.165, 1.54) is 16.2 Å². The van der Waals surface area contributed by atoms with E-state index in [9.17, 15) is 14.9 Å². The second-order valence-corrected chi connectivity index (χ2v) is 7.08. The molecule has 0 saturated carbocycles. The number of nitriles is 1. The van der Waals surface area contributed by atoms with Gasteiger partial charge in [-0.3, -0.25) is 9.59 Å². The van der Waals surface area contributed by atoms with E-state index in [0.29, 0.717) is 10.6 Å². The monoisotopic (exact) mass is 347 g/mol. The molecule has 1 aliphatic rings. The molecule has 0 aromatic carbocycles. The number of aryl methyl sites for hydroxylation is 1. The molecule has 0 unspecified atom stereocenters. The van der Waals surface area contributed by atoms with Crippen LogP contribution in [0, 0.1) is 11.3 Å². The lowest BCUT2D eigenvalue weighted by Gasteiger charge is -2.09. The molecule has 2 heterocycles. The van der Waals surface area contributed by atoms with Gasteiger partial charge in [-0.2, -0.15) is 5.26 Å². The predicted octanol–water partition coefficient (Wildman–Crippen LogP) is 2.49. The molecule has 2 aromatic heterocycles. The molecule has 23 heavy (non-hydrogen) atoms. The third kappa shape index (κ3) is 3.38. The van der Waals surface area contributed by atoms with Crippen LogP contribution >= 0.6 is 23.1 Å². The minimum Gasteiger partial charge on any atom is -0.383 e. The highest BCUT2D eigenvalue weighted by molar-refractivity contribution is 8.13. The molecule has 0 atom stereocenters. The molecule has 0 saturated heterocycles. The maximum atomic E-state index is 12.1. The number of carbonyl (C=O) groups is 1. The van der Waals surface area contributed by atoms with E-state index in [1.54, 1.807) is 0 Å². The van der Waals surface area contributed by atoms with Crippen LogP contribution in [0.4, 0.5) is 15.6 Å². The van der Waals surface area contributed by atoms with E-state index < -0.39 is 10.8 Å². The SMILES string of the molecule is N#Cc1c(NC(=O)Sc2nc(N)cc(=O)[nH]2)sc2c1CCCC2. The minimum atomic E-state index is -0.422. The molecule has 0 aliphatic heterocycles. The molecule has 0 fully saturated rings. The van der Waals surface area contributed by atoms with Crippen LogP contribution in [0.15, 0.2) is 16.0 Å². The van der Waals surface area contributed by atoms with E-state index >= 15 is 0 Å². The molecule has 118 valence electrons. The number of nitrogens with zero attached hydrogens (tertiary/aromatic N) is 2. The van der Waals surface area contributed by atoms with Gasteiger partial charge in [0, 0.05) is 22.7 Å². The number of thiophene rings is 1. The van der Waals surface area contributed by atoms with Gasteiger partial charge >= 0.3 is 0 Å². The number of hydrogen-bond acceptors (Lipinski definition) is 7. The van der Waals surface area contributed by atoms with Gasteiger partial charge in [0.05, 0.1) is 5.56 Å². The summed E-state index contributed by atoms with van der Waals surface area (Å²) in [4.78, 5) is 30.9. The first-order chi connectivity index (χ1) is 11.1. The fraction of sp³-hybridized carbons (Fsp3) is 0.286. The quantitative estimate of drug-likeness (QED) is 0.566. The second-order valence-electron chi connectivity index (χ2n) is 5.02. The Hall–Kier alpha value is -2.31. The number of H-pyrrole nitrogens is 1. The Morgan fingerprint density at radius 3 is 3.00 bits per heavy atom. The number of hydrogen-bond donors (Lipinski definition) is 3. The summed E-state index contributed by atoms with van der Waals surface area (Å²) < 4.78 is 0. The maximum Gasteiger partial charge on any atom is 0.291 e. The number of anilines is 2. The van der Waals surface area contributed by atoms with Crippen molar-refractivity contribution in [3.63, 3.8) is 0 Å². The Morgan fingerprint density at radius 2 is 2.26 bits per heavy atom. The predicted molar refractivity (Wildman–Crippen MR) is 89.8 cm³/mol. The molecule has 4 N–H and O–H groups in total. The number of nitrogens with two attached hydrogens (primary N) is 1. The lowest BCUT2D eigenvalue weighted by Crippen LogP contribution is -2.12. The Balaban J connectivity index is 1.79. The van der Waals surface area contributed by atoms with E-state index in [1.807, 2.05) is 0 Å². The smallest absolute Gasteiger partial charge is 0.291 e. The molecule has 0 radical (unpaired) electrons. The molecule has 7 nitrogen and oxygen atoms in total. The van der Waals surface area contributed by atoms with E-state index in [2.05, 4.69) is 21.4 Å². The average Bonchev–Trinajstić information content (AvgIpc) is 2.82. The van der Waals surface area contributed by atoms with Gasteiger partial charge in [0.1, 0.15) is 16.9 Å². The van der Waals surface area contributed by atoms with Crippen molar-refractivity contribution in [2.24, 2.45) is 0 Å². The van der Waals surface area contributed by atoms with Crippen LogP contribution in [0.3, 0.4) is 0 Å². The van der Waals surface area contributed by atoms with Gasteiger partial charge in [0.2, 0.25) is 0 Å². The molecule has 1 aliphatic carbocycles. The van der Waals surface area contributed by atoms with Crippen LogP contribution in [-0.2, 0) is 12.8 Å². The van der Waals surface area contributed by atoms with Gasteiger partial charge in [-0.05, 0) is 31.2 Å². The first-order valence-corrected chi connectivity index (χ1v) is 8.60. The molecular formula is C14H13N5O2S2. The van der Waals surface area contributed by atoms with Crippen LogP contribution in [0.5, 0.6) is 0 Å². The Morgan fingerprint density at radius 1 is 1.48 bits per heavy atom. The van der Waals surface area contributed by atoms with E-state index in [-0.39, 0.29) is 11.0 Å². The standard InChI is InChI=1S/C14H13N5O2S2/c15-6-8-7-3-1-2-4-9(7)22-12(8)19-14(21)23-13-17-10(16)5-11(20)18-13/h5H,1-4H2,(H,19,21)(H3,16,17,18,20). The van der Waals surface area contributed by atoms with Gasteiger partial charge in [-0.1, -0.05) is 0 Å². The van der Waals surface area contributed by atoms with Gasteiger partial charge in [-0.15, -0.1) is 11.3 Å². The normalized spacial score (nSPS) is 13.2. The van der Waals surface area contributed by atoms with Crippen molar-refractivity contribution < 1.29 is 4.79 Å². The van der Waals surface area contributed by atoms with E-state index in [0.717, 1.165) is 49.1 Å². The van der Waals surface area contributed by atoms with Crippen molar-refractivity contribution in [1.82, 2.24) is 9.97 Å². The second kappa shape index (κ2) is 6.44. The summed E-state index contributed by atoms with van der Waals surface area (Å²) in [7, 11) is 0. The number of aromatic nitrogens is 2. The number of nitrogens with one attached hydrogen (secondary N) is 2. The van der Waals surface area contributed by atoms with Gasteiger partial charge in [0.25, 0.3) is 10.8 Å². The van der Waals surface area contributed by atoms with Gasteiger partial charge in [-0.25, -0.2) is 4.98 Å². The van der Waals surface area contributed by atoms with Gasteiger partial charge < -0.3 is 16.0 Å². The largest absolute Gasteiger partial charge is 0.383 e. The van der Waals surface area contributed by atoms with Crippen LogP contribution in [0.2, 0.25) is 0 Å². The summed E-state index contributed by atoms with van der Waals surface area (Å²) in [6, 6.07) is 3.33. The summed E-state index contributed by atoms with van der Waals surface area (Å²) in [5.41, 5.74) is 6.67. The van der Waals surface area contributed by atoms with Crippen molar-refractivity contribution in [2.75, 3.05) is 11.1 Å². The van der Waals surface area contributed by atoms with Crippen LogP contribution in [0.25, 0.3) is 0 Å². The Kier molecular flexibility index (Phi) is 4.36. The Labute approximate surface area is 139 Å². The molecule has 0 spiro atoms. The zero-order chi connectivity index (χ0) is 16.4. The topological polar surface area (TPSA) is 125 Å². The van der Waals surface area contributed by atoms with Crippen molar-refractivity contribution >= 4 is 39.2 Å². The number of amides is 1. The fourth-order valence-electron chi connectivity index (χ4n) is 2.48. The maximum absolute atomic E-state index is 12.1. The Bertz CT molecular complexity index is 865. The third-order valence-corrected chi connectivity index (χ3v) is 5.31. The molecule has 3 rings (SSSR count). The first-order valence-electron chi connectivity index (χ1n) is 6.97. The van der Waals surface area contributed by atoms with Crippen LogP contribution in [0.1, 0.15) is 28.8 Å². The highest BCUT2D eigenvalue weighted by Gasteiger charge is 2.22. The number of thioether (sulfide) groups is 1. The molecule has 9 heteroatoms. The highest BCUT2D eigenvalue weighted by Crippen LogP contribution is 2.38. The molecule has 0 bridgehead atoms. The summed E-state index contributed by atoms with van der Waals surface area (Å²) in [5, 5.41) is 12.3. The summed E-state index contributed by atoms with van der Waals surface area (Å²) in [5.74, 6) is 0.0494. The van der Waals surface area contributed by atoms with Gasteiger partial charge in [0.15, 0.2) is 5.16 Å². The number of rotatable bonds is 2. The number of nitrogen functional groups attached to an aromatic ring is 1. The molecular weight excluding hydrogens is 334 g/mol. The summed E-state index contributed by atoms with van der Waals surface area (Å²) in [6.07, 6.45) is 3.99. The lowest BCUT2D eigenvalue weighted by molar-refractivity contribution is 0.270. The third-order valence-electron chi connectivity index (χ3n) is 3.43. The summed E-state index contributed by atoms with van der Waals surface area (Å²) >= 11 is 2.18. The number of aromatic amines is 1. The van der Waals surface area contributed by atoms with Crippen molar-refractivity contribution in [3.05, 3.63) is 32.4 Å².